The van der Waals surface area contributed by atoms with Gasteiger partial charge in [-0.15, -0.1) is 0 Å². The molecule has 0 aromatic carbocycles. The zero-order valence-electron chi connectivity index (χ0n) is 4.46. The maximum Gasteiger partial charge on any atom is 0.139 e. The van der Waals surface area contributed by atoms with Crippen LogP contribution < -0.4 is 0 Å². The van der Waals surface area contributed by atoms with E-state index in [2.05, 4.69) is 0 Å². The van der Waals surface area contributed by atoms with E-state index >= 15 is 0 Å². The van der Waals surface area contributed by atoms with Crippen LogP contribution in [0, 0.1) is 5.41 Å². The van der Waals surface area contributed by atoms with E-state index < -0.39 is 5.83 Å². The van der Waals surface area contributed by atoms with Crippen molar-refractivity contribution in [3.63, 3.8) is 0 Å². The van der Waals surface area contributed by atoms with Gasteiger partial charge in [0, 0.05) is 0 Å². The summed E-state index contributed by atoms with van der Waals surface area (Å²) in [5, 5.41) is 6.66. The van der Waals surface area contributed by atoms with Crippen molar-refractivity contribution in [1.29, 1.82) is 5.41 Å². The lowest BCUT2D eigenvalue weighted by Crippen LogP contribution is -1.85. The maximum absolute atomic E-state index is 11.9. The molecule has 0 saturated carbocycles. The zero-order chi connectivity index (χ0) is 5.86. The SMILES string of the molecule is C/C=C(/F)C(C)=N. The van der Waals surface area contributed by atoms with Crippen LogP contribution in [0.3, 0.4) is 0 Å². The largest absolute Gasteiger partial charge is 0.303 e. The van der Waals surface area contributed by atoms with Crippen molar-refractivity contribution >= 4 is 5.71 Å². The Morgan fingerprint density at radius 1 is 1.71 bits per heavy atom. The minimum absolute atomic E-state index is 0.0116. The highest BCUT2D eigenvalue weighted by molar-refractivity contribution is 5.93. The molecule has 0 spiro atoms. The van der Waals surface area contributed by atoms with E-state index in [1.54, 1.807) is 6.92 Å². The van der Waals surface area contributed by atoms with Gasteiger partial charge in [-0.3, -0.25) is 0 Å². The van der Waals surface area contributed by atoms with Gasteiger partial charge in [0.2, 0.25) is 0 Å². The van der Waals surface area contributed by atoms with E-state index in [-0.39, 0.29) is 5.71 Å². The molecule has 0 radical (unpaired) electrons. The predicted molar refractivity (Wildman–Crippen MR) is 28.3 cm³/mol. The van der Waals surface area contributed by atoms with Gasteiger partial charge in [0.25, 0.3) is 0 Å². The molecule has 0 bridgehead atoms. The molecule has 0 aliphatic carbocycles. The molecule has 40 valence electrons. The summed E-state index contributed by atoms with van der Waals surface area (Å²) in [7, 11) is 0. The lowest BCUT2D eigenvalue weighted by Gasteiger charge is -1.84. The van der Waals surface area contributed by atoms with E-state index in [0.29, 0.717) is 0 Å². The Balaban J connectivity index is 3.82. The van der Waals surface area contributed by atoms with Crippen molar-refractivity contribution in [2.45, 2.75) is 13.8 Å². The van der Waals surface area contributed by atoms with Crippen molar-refractivity contribution < 1.29 is 4.39 Å². The highest BCUT2D eigenvalue weighted by atomic mass is 19.1. The van der Waals surface area contributed by atoms with Crippen molar-refractivity contribution in [2.75, 3.05) is 0 Å². The third kappa shape index (κ3) is 2.09. The smallest absolute Gasteiger partial charge is 0.139 e. The van der Waals surface area contributed by atoms with Crippen molar-refractivity contribution in [2.24, 2.45) is 0 Å². The van der Waals surface area contributed by atoms with E-state index in [1.165, 1.54) is 13.0 Å². The van der Waals surface area contributed by atoms with Gasteiger partial charge < -0.3 is 5.41 Å². The molecule has 0 unspecified atom stereocenters. The van der Waals surface area contributed by atoms with Crippen molar-refractivity contribution in [3.05, 3.63) is 11.9 Å². The predicted octanol–water partition coefficient (Wildman–Crippen LogP) is 1.90. The lowest BCUT2D eigenvalue weighted by molar-refractivity contribution is 0.677. The van der Waals surface area contributed by atoms with Gasteiger partial charge in [-0.1, -0.05) is 0 Å². The van der Waals surface area contributed by atoms with Crippen LogP contribution in [-0.2, 0) is 0 Å². The monoisotopic (exact) mass is 101 g/mol. The summed E-state index contributed by atoms with van der Waals surface area (Å²) in [5.74, 6) is -0.444. The number of hydrogen-bond acceptors (Lipinski definition) is 1. The van der Waals surface area contributed by atoms with Crippen LogP contribution >= 0.6 is 0 Å². The third-order valence-corrected chi connectivity index (χ3v) is 0.612. The fourth-order valence-corrected chi connectivity index (χ4v) is 0.217. The Bertz CT molecular complexity index is 105. The van der Waals surface area contributed by atoms with Gasteiger partial charge >= 0.3 is 0 Å². The van der Waals surface area contributed by atoms with Crippen LogP contribution in [0.4, 0.5) is 4.39 Å². The first-order chi connectivity index (χ1) is 3.18. The second-order valence-electron chi connectivity index (χ2n) is 1.26. The molecule has 0 heterocycles. The number of allylic oxidation sites excluding steroid dienone is 2. The van der Waals surface area contributed by atoms with Gasteiger partial charge in [-0.05, 0) is 19.9 Å². The standard InChI is InChI=1S/C5H8FN/c1-3-5(6)4(2)7/h3,7H,1-2H3/b5-3+,7-4?. The Morgan fingerprint density at radius 3 is 2.14 bits per heavy atom. The summed E-state index contributed by atoms with van der Waals surface area (Å²) in [6.07, 6.45) is 1.27. The Hall–Kier alpha value is -0.660. The number of nitrogens with one attached hydrogen (secondary N) is 1. The average molecular weight is 101 g/mol. The molecule has 2 heteroatoms. The first-order valence-electron chi connectivity index (χ1n) is 2.06. The fourth-order valence-electron chi connectivity index (χ4n) is 0.217. The minimum atomic E-state index is -0.444. The highest BCUT2D eigenvalue weighted by Crippen LogP contribution is 1.94. The molecule has 0 amide bonds. The van der Waals surface area contributed by atoms with Gasteiger partial charge in [0.05, 0.1) is 5.71 Å². The number of halogens is 1. The van der Waals surface area contributed by atoms with Gasteiger partial charge in [0.15, 0.2) is 0 Å². The Labute approximate surface area is 42.4 Å². The summed E-state index contributed by atoms with van der Waals surface area (Å²) in [6, 6.07) is 0. The summed E-state index contributed by atoms with van der Waals surface area (Å²) < 4.78 is 11.9. The van der Waals surface area contributed by atoms with Crippen molar-refractivity contribution in [3.8, 4) is 0 Å². The maximum atomic E-state index is 11.9. The molecular formula is C5H8FN. The number of rotatable bonds is 1. The quantitative estimate of drug-likeness (QED) is 0.488. The molecule has 0 aromatic heterocycles. The molecular weight excluding hydrogens is 93.1 g/mol. The highest BCUT2D eigenvalue weighted by Gasteiger charge is 1.90. The molecule has 7 heavy (non-hydrogen) atoms. The Morgan fingerprint density at radius 2 is 2.14 bits per heavy atom. The second-order valence-corrected chi connectivity index (χ2v) is 1.26. The summed E-state index contributed by atoms with van der Waals surface area (Å²) >= 11 is 0. The third-order valence-electron chi connectivity index (χ3n) is 0.612. The molecule has 0 atom stereocenters. The Kier molecular flexibility index (Phi) is 2.27. The molecule has 0 aromatic rings. The van der Waals surface area contributed by atoms with E-state index in [1.807, 2.05) is 0 Å². The second kappa shape index (κ2) is 2.50. The zero-order valence-corrected chi connectivity index (χ0v) is 4.46. The topological polar surface area (TPSA) is 23.9 Å². The minimum Gasteiger partial charge on any atom is -0.303 e. The van der Waals surface area contributed by atoms with Crippen LogP contribution in [-0.4, -0.2) is 5.71 Å². The molecule has 0 aliphatic heterocycles. The lowest BCUT2D eigenvalue weighted by atomic mass is 10.3. The normalized spacial score (nSPS) is 11.6. The van der Waals surface area contributed by atoms with Crippen LogP contribution in [0.5, 0.6) is 0 Å². The van der Waals surface area contributed by atoms with Gasteiger partial charge in [0.1, 0.15) is 5.83 Å². The number of hydrogen-bond donors (Lipinski definition) is 1. The van der Waals surface area contributed by atoms with Gasteiger partial charge in [-0.2, -0.15) is 0 Å². The van der Waals surface area contributed by atoms with Crippen LogP contribution in [0.1, 0.15) is 13.8 Å². The molecule has 0 fully saturated rings. The molecule has 0 aliphatic rings. The molecule has 1 nitrogen and oxygen atoms in total. The molecule has 1 N–H and O–H groups in total. The van der Waals surface area contributed by atoms with E-state index in [9.17, 15) is 4.39 Å². The molecule has 0 saturated heterocycles. The van der Waals surface area contributed by atoms with Crippen LogP contribution in [0.15, 0.2) is 11.9 Å². The van der Waals surface area contributed by atoms with Crippen LogP contribution in [0.2, 0.25) is 0 Å². The molecule has 0 rings (SSSR count). The van der Waals surface area contributed by atoms with E-state index in [4.69, 9.17) is 5.41 Å². The van der Waals surface area contributed by atoms with Gasteiger partial charge in [-0.25, -0.2) is 4.39 Å². The van der Waals surface area contributed by atoms with Crippen molar-refractivity contribution in [1.82, 2.24) is 0 Å². The van der Waals surface area contributed by atoms with E-state index in [0.717, 1.165) is 0 Å². The fraction of sp³-hybridized carbons (Fsp3) is 0.400. The average Bonchev–Trinajstić information content (AvgIpc) is 1.65. The summed E-state index contributed by atoms with van der Waals surface area (Å²) in [6.45, 7) is 2.97. The summed E-state index contributed by atoms with van der Waals surface area (Å²) in [5.41, 5.74) is -0.0116. The van der Waals surface area contributed by atoms with Crippen LogP contribution in [0.25, 0.3) is 0 Å². The first-order valence-corrected chi connectivity index (χ1v) is 2.06. The summed E-state index contributed by atoms with van der Waals surface area (Å²) in [4.78, 5) is 0. The first kappa shape index (κ1) is 6.34.